The second kappa shape index (κ2) is 5.84. The molecule has 1 amide bonds. The molecule has 2 aromatic carbocycles. The standard InChI is InChI=1S/C15H15ClN2O2/c1-9-7-10(15(17)20)5-6-13(9)18-8-11-12(16)3-2-4-14(11)19/h2-7,18-19H,8H2,1H3,(H2,17,20). The number of amides is 1. The smallest absolute Gasteiger partial charge is 0.248 e. The number of aryl methyl sites for hydroxylation is 1. The number of anilines is 1. The highest BCUT2D eigenvalue weighted by molar-refractivity contribution is 6.31. The normalized spacial score (nSPS) is 10.3. The third-order valence-corrected chi connectivity index (χ3v) is 3.41. The van der Waals surface area contributed by atoms with Crippen LogP contribution in [0.4, 0.5) is 5.69 Å². The van der Waals surface area contributed by atoms with E-state index in [9.17, 15) is 9.90 Å². The summed E-state index contributed by atoms with van der Waals surface area (Å²) >= 11 is 6.04. The second-order valence-corrected chi connectivity index (χ2v) is 4.89. The van der Waals surface area contributed by atoms with Crippen molar-refractivity contribution in [3.63, 3.8) is 0 Å². The first-order valence-corrected chi connectivity index (χ1v) is 6.47. The number of phenolic OH excluding ortho intramolecular Hbond substituents is 1. The fourth-order valence-corrected chi connectivity index (χ4v) is 2.16. The Bertz CT molecular complexity index is 636. The minimum Gasteiger partial charge on any atom is -0.508 e. The summed E-state index contributed by atoms with van der Waals surface area (Å²) in [6, 6.07) is 10.2. The zero-order chi connectivity index (χ0) is 14.7. The molecule has 104 valence electrons. The molecule has 0 radical (unpaired) electrons. The van der Waals surface area contributed by atoms with Crippen molar-refractivity contribution in [3.05, 3.63) is 58.1 Å². The van der Waals surface area contributed by atoms with E-state index in [0.29, 0.717) is 22.7 Å². The molecule has 5 heteroatoms. The van der Waals surface area contributed by atoms with E-state index in [1.54, 1.807) is 36.4 Å². The van der Waals surface area contributed by atoms with Gasteiger partial charge in [0.05, 0.1) is 0 Å². The van der Waals surface area contributed by atoms with E-state index < -0.39 is 5.91 Å². The highest BCUT2D eigenvalue weighted by Crippen LogP contribution is 2.26. The number of phenols is 1. The molecule has 2 aromatic rings. The summed E-state index contributed by atoms with van der Waals surface area (Å²) in [5.74, 6) is -0.306. The SMILES string of the molecule is Cc1cc(C(N)=O)ccc1NCc1c(O)cccc1Cl. The van der Waals surface area contributed by atoms with Crippen LogP contribution in [0.2, 0.25) is 5.02 Å². The highest BCUT2D eigenvalue weighted by atomic mass is 35.5. The van der Waals surface area contributed by atoms with E-state index in [0.717, 1.165) is 11.3 Å². The molecule has 0 saturated carbocycles. The maximum atomic E-state index is 11.1. The van der Waals surface area contributed by atoms with Crippen LogP contribution in [0.1, 0.15) is 21.5 Å². The Morgan fingerprint density at radius 2 is 2.10 bits per heavy atom. The monoisotopic (exact) mass is 290 g/mol. The number of carbonyl (C=O) groups is 1. The van der Waals surface area contributed by atoms with Gasteiger partial charge >= 0.3 is 0 Å². The van der Waals surface area contributed by atoms with Crippen molar-refractivity contribution in [2.24, 2.45) is 5.73 Å². The van der Waals surface area contributed by atoms with E-state index in [1.165, 1.54) is 0 Å². The van der Waals surface area contributed by atoms with Crippen molar-refractivity contribution in [2.45, 2.75) is 13.5 Å². The molecular weight excluding hydrogens is 276 g/mol. The van der Waals surface area contributed by atoms with Gasteiger partial charge in [0.25, 0.3) is 0 Å². The summed E-state index contributed by atoms with van der Waals surface area (Å²) in [6.45, 7) is 2.27. The van der Waals surface area contributed by atoms with Gasteiger partial charge in [0.1, 0.15) is 5.75 Å². The van der Waals surface area contributed by atoms with Crippen molar-refractivity contribution in [3.8, 4) is 5.75 Å². The predicted octanol–water partition coefficient (Wildman–Crippen LogP) is 3.07. The van der Waals surface area contributed by atoms with Crippen molar-refractivity contribution in [1.82, 2.24) is 0 Å². The van der Waals surface area contributed by atoms with Crippen LogP contribution in [0.5, 0.6) is 5.75 Å². The molecule has 0 fully saturated rings. The Balaban J connectivity index is 2.17. The van der Waals surface area contributed by atoms with Crippen LogP contribution in [-0.4, -0.2) is 11.0 Å². The first kappa shape index (κ1) is 14.2. The lowest BCUT2D eigenvalue weighted by atomic mass is 10.1. The molecule has 0 atom stereocenters. The fourth-order valence-electron chi connectivity index (χ4n) is 1.92. The number of aromatic hydroxyl groups is 1. The van der Waals surface area contributed by atoms with Crippen LogP contribution < -0.4 is 11.1 Å². The first-order chi connectivity index (χ1) is 9.49. The summed E-state index contributed by atoms with van der Waals surface area (Å²) in [6.07, 6.45) is 0. The van der Waals surface area contributed by atoms with Gasteiger partial charge in [0.2, 0.25) is 5.91 Å². The number of primary amides is 1. The summed E-state index contributed by atoms with van der Waals surface area (Å²) in [5.41, 5.74) is 8.08. The van der Waals surface area contributed by atoms with E-state index in [2.05, 4.69) is 5.32 Å². The molecule has 0 aliphatic heterocycles. The molecule has 0 spiro atoms. The fraction of sp³-hybridized carbons (Fsp3) is 0.133. The molecule has 0 saturated heterocycles. The Morgan fingerprint density at radius 1 is 1.35 bits per heavy atom. The number of rotatable bonds is 4. The average Bonchev–Trinajstić information content (AvgIpc) is 2.39. The maximum Gasteiger partial charge on any atom is 0.248 e. The van der Waals surface area contributed by atoms with Crippen LogP contribution in [0, 0.1) is 6.92 Å². The average molecular weight is 291 g/mol. The van der Waals surface area contributed by atoms with E-state index in [4.69, 9.17) is 17.3 Å². The third kappa shape index (κ3) is 3.03. The lowest BCUT2D eigenvalue weighted by Gasteiger charge is -2.12. The topological polar surface area (TPSA) is 75.4 Å². The minimum atomic E-state index is -0.455. The van der Waals surface area contributed by atoms with Gasteiger partial charge in [0, 0.05) is 28.4 Å². The van der Waals surface area contributed by atoms with Crippen LogP contribution in [-0.2, 0) is 6.54 Å². The van der Waals surface area contributed by atoms with Crippen molar-refractivity contribution in [2.75, 3.05) is 5.32 Å². The van der Waals surface area contributed by atoms with Gasteiger partial charge in [-0.05, 0) is 42.8 Å². The van der Waals surface area contributed by atoms with Gasteiger partial charge in [-0.1, -0.05) is 17.7 Å². The molecule has 20 heavy (non-hydrogen) atoms. The van der Waals surface area contributed by atoms with Gasteiger partial charge in [-0.25, -0.2) is 0 Å². The Hall–Kier alpha value is -2.20. The second-order valence-electron chi connectivity index (χ2n) is 4.49. The van der Waals surface area contributed by atoms with Gasteiger partial charge < -0.3 is 16.2 Å². The van der Waals surface area contributed by atoms with Gasteiger partial charge in [-0.15, -0.1) is 0 Å². The Morgan fingerprint density at radius 3 is 2.70 bits per heavy atom. The number of hydrogen-bond donors (Lipinski definition) is 3. The van der Waals surface area contributed by atoms with Crippen LogP contribution in [0.3, 0.4) is 0 Å². The number of halogens is 1. The number of nitrogens with one attached hydrogen (secondary N) is 1. The number of nitrogens with two attached hydrogens (primary N) is 1. The summed E-state index contributed by atoms with van der Waals surface area (Å²) < 4.78 is 0. The molecule has 0 aliphatic carbocycles. The molecule has 4 N–H and O–H groups in total. The zero-order valence-corrected chi connectivity index (χ0v) is 11.7. The molecule has 0 heterocycles. The summed E-state index contributed by atoms with van der Waals surface area (Å²) in [5, 5.41) is 13.5. The quantitative estimate of drug-likeness (QED) is 0.810. The highest BCUT2D eigenvalue weighted by Gasteiger charge is 2.08. The lowest BCUT2D eigenvalue weighted by molar-refractivity contribution is 0.1000. The molecule has 0 bridgehead atoms. The van der Waals surface area contributed by atoms with Crippen molar-refractivity contribution < 1.29 is 9.90 Å². The maximum absolute atomic E-state index is 11.1. The molecule has 0 aliphatic rings. The molecule has 0 aromatic heterocycles. The first-order valence-electron chi connectivity index (χ1n) is 6.09. The predicted molar refractivity (Wildman–Crippen MR) is 80.1 cm³/mol. The van der Waals surface area contributed by atoms with Crippen LogP contribution in [0.25, 0.3) is 0 Å². The number of hydrogen-bond acceptors (Lipinski definition) is 3. The molecule has 4 nitrogen and oxygen atoms in total. The molecular formula is C15H15ClN2O2. The van der Waals surface area contributed by atoms with Crippen LogP contribution in [0.15, 0.2) is 36.4 Å². The third-order valence-electron chi connectivity index (χ3n) is 3.06. The molecule has 0 unspecified atom stereocenters. The van der Waals surface area contributed by atoms with Gasteiger partial charge in [0.15, 0.2) is 0 Å². The van der Waals surface area contributed by atoms with Crippen molar-refractivity contribution >= 4 is 23.2 Å². The lowest BCUT2D eigenvalue weighted by Crippen LogP contribution is -2.11. The van der Waals surface area contributed by atoms with E-state index in [-0.39, 0.29) is 5.75 Å². The van der Waals surface area contributed by atoms with Crippen molar-refractivity contribution in [1.29, 1.82) is 0 Å². The number of benzene rings is 2. The Labute approximate surface area is 122 Å². The number of carbonyl (C=O) groups excluding carboxylic acids is 1. The van der Waals surface area contributed by atoms with Gasteiger partial charge in [-0.3, -0.25) is 4.79 Å². The summed E-state index contributed by atoms with van der Waals surface area (Å²) in [7, 11) is 0. The van der Waals surface area contributed by atoms with Gasteiger partial charge in [-0.2, -0.15) is 0 Å². The van der Waals surface area contributed by atoms with E-state index >= 15 is 0 Å². The Kier molecular flexibility index (Phi) is 4.15. The minimum absolute atomic E-state index is 0.149. The summed E-state index contributed by atoms with van der Waals surface area (Å²) in [4.78, 5) is 11.1. The van der Waals surface area contributed by atoms with E-state index in [1.807, 2.05) is 6.92 Å². The largest absolute Gasteiger partial charge is 0.508 e. The van der Waals surface area contributed by atoms with Crippen LogP contribution >= 0.6 is 11.6 Å². The molecule has 2 rings (SSSR count). The zero-order valence-electron chi connectivity index (χ0n) is 11.0.